The second kappa shape index (κ2) is 5.69. The van der Waals surface area contributed by atoms with Gasteiger partial charge in [-0.1, -0.05) is 12.2 Å². The van der Waals surface area contributed by atoms with Crippen molar-refractivity contribution in [3.63, 3.8) is 0 Å². The zero-order valence-electron chi connectivity index (χ0n) is 11.1. The van der Waals surface area contributed by atoms with Crippen LogP contribution in [0.25, 0.3) is 0 Å². The number of rotatable bonds is 3. The molecule has 21 heavy (non-hydrogen) atoms. The van der Waals surface area contributed by atoms with Crippen LogP contribution in [0, 0.1) is 0 Å². The van der Waals surface area contributed by atoms with Crippen LogP contribution in [0.2, 0.25) is 0 Å². The fourth-order valence-corrected chi connectivity index (χ4v) is 1.90. The summed E-state index contributed by atoms with van der Waals surface area (Å²) in [5, 5.41) is 0. The van der Waals surface area contributed by atoms with Crippen LogP contribution in [-0.2, 0) is 6.18 Å². The molecular weight excluding hydrogens is 299 g/mol. The van der Waals surface area contributed by atoms with Gasteiger partial charge in [-0.15, -0.1) is 0 Å². The maximum Gasteiger partial charge on any atom is 0.416 e. The third-order valence-corrected chi connectivity index (χ3v) is 3.19. The first-order valence-electron chi connectivity index (χ1n) is 5.96. The minimum absolute atomic E-state index is 0.202. The van der Waals surface area contributed by atoms with Crippen LogP contribution in [0.4, 0.5) is 24.7 Å². The number of alkyl halides is 3. The third-order valence-electron chi connectivity index (χ3n) is 2.96. The first kappa shape index (κ1) is 15.2. The van der Waals surface area contributed by atoms with E-state index < -0.39 is 11.7 Å². The van der Waals surface area contributed by atoms with Gasteiger partial charge in [0.15, 0.2) is 0 Å². The van der Waals surface area contributed by atoms with Crippen molar-refractivity contribution in [1.82, 2.24) is 4.98 Å². The van der Waals surface area contributed by atoms with E-state index >= 15 is 0 Å². The van der Waals surface area contributed by atoms with Crippen molar-refractivity contribution in [3.8, 4) is 0 Å². The second-order valence-electron chi connectivity index (χ2n) is 4.37. The first-order chi connectivity index (χ1) is 9.79. The number of hydrogen-bond acceptors (Lipinski definition) is 3. The zero-order valence-corrected chi connectivity index (χ0v) is 11.9. The van der Waals surface area contributed by atoms with Gasteiger partial charge in [0.1, 0.15) is 10.8 Å². The van der Waals surface area contributed by atoms with Crippen LogP contribution in [0.1, 0.15) is 11.1 Å². The van der Waals surface area contributed by atoms with Gasteiger partial charge in [-0.3, -0.25) is 0 Å². The number of thiocarbonyl (C=S) groups is 1. The molecule has 0 saturated heterocycles. The Balaban J connectivity index is 2.31. The van der Waals surface area contributed by atoms with Crippen molar-refractivity contribution < 1.29 is 13.2 Å². The lowest BCUT2D eigenvalue weighted by atomic mass is 10.2. The minimum atomic E-state index is -4.39. The maximum atomic E-state index is 12.7. The fraction of sp³-hybridized carbons (Fsp3) is 0.143. The predicted octanol–water partition coefficient (Wildman–Crippen LogP) is 3.50. The predicted molar refractivity (Wildman–Crippen MR) is 79.6 cm³/mol. The van der Waals surface area contributed by atoms with Crippen molar-refractivity contribution in [2.75, 3.05) is 11.9 Å². The Bertz CT molecular complexity index is 653. The molecule has 0 saturated carbocycles. The topological polar surface area (TPSA) is 42.1 Å². The van der Waals surface area contributed by atoms with E-state index in [2.05, 4.69) is 4.98 Å². The summed E-state index contributed by atoms with van der Waals surface area (Å²) in [6.07, 6.45) is -3.26. The van der Waals surface area contributed by atoms with E-state index in [9.17, 15) is 13.2 Å². The summed E-state index contributed by atoms with van der Waals surface area (Å²) >= 11 is 4.85. The largest absolute Gasteiger partial charge is 0.416 e. The molecule has 3 nitrogen and oxygen atoms in total. The number of aromatic nitrogens is 1. The Hall–Kier alpha value is -2.15. The molecule has 1 heterocycles. The Morgan fingerprint density at radius 3 is 2.33 bits per heavy atom. The number of nitrogens with two attached hydrogens (primary N) is 1. The molecule has 7 heteroatoms. The zero-order chi connectivity index (χ0) is 15.6. The highest BCUT2D eigenvalue weighted by Gasteiger charge is 2.31. The molecule has 2 N–H and O–H groups in total. The van der Waals surface area contributed by atoms with E-state index in [0.29, 0.717) is 11.3 Å². The Morgan fingerprint density at radius 1 is 1.19 bits per heavy atom. The van der Waals surface area contributed by atoms with E-state index in [1.54, 1.807) is 36.2 Å². The van der Waals surface area contributed by atoms with Gasteiger partial charge in [-0.05, 0) is 36.4 Å². The van der Waals surface area contributed by atoms with Gasteiger partial charge in [0, 0.05) is 24.5 Å². The number of halogens is 3. The smallest absolute Gasteiger partial charge is 0.389 e. The molecule has 0 amide bonds. The third kappa shape index (κ3) is 3.49. The average Bonchev–Trinajstić information content (AvgIpc) is 2.46. The van der Waals surface area contributed by atoms with Gasteiger partial charge in [-0.2, -0.15) is 13.2 Å². The summed E-state index contributed by atoms with van der Waals surface area (Å²) in [6, 6.07) is 8.80. The van der Waals surface area contributed by atoms with Crippen molar-refractivity contribution >= 4 is 28.7 Å². The normalized spacial score (nSPS) is 11.2. The fourth-order valence-electron chi connectivity index (χ4n) is 1.76. The lowest BCUT2D eigenvalue weighted by Gasteiger charge is -2.19. The Kier molecular flexibility index (Phi) is 4.13. The monoisotopic (exact) mass is 311 g/mol. The standard InChI is InChI=1S/C14H12F3N3S/c1-20(11-4-2-9(3-5-11)13(18)21)12-8-10(6-7-19-12)14(15,16)17/h2-8H,1H3,(H2,18,21). The SMILES string of the molecule is CN(c1ccc(C(N)=S)cc1)c1cc(C(F)(F)F)ccn1. The van der Waals surface area contributed by atoms with E-state index in [0.717, 1.165) is 18.3 Å². The van der Waals surface area contributed by atoms with Crippen LogP contribution in [0.15, 0.2) is 42.6 Å². The van der Waals surface area contributed by atoms with Crippen LogP contribution >= 0.6 is 12.2 Å². The van der Waals surface area contributed by atoms with Crippen LogP contribution in [0.3, 0.4) is 0 Å². The highest BCUT2D eigenvalue weighted by Crippen LogP contribution is 2.32. The average molecular weight is 311 g/mol. The lowest BCUT2D eigenvalue weighted by Crippen LogP contribution is -2.14. The van der Waals surface area contributed by atoms with E-state index in [1.807, 2.05) is 0 Å². The maximum absolute atomic E-state index is 12.7. The summed E-state index contributed by atoms with van der Waals surface area (Å²) in [5.41, 5.74) is 6.14. The van der Waals surface area contributed by atoms with Gasteiger partial charge in [-0.25, -0.2) is 4.98 Å². The minimum Gasteiger partial charge on any atom is -0.389 e. The molecule has 0 aliphatic carbocycles. The Labute approximate surface area is 125 Å². The molecule has 0 aliphatic heterocycles. The molecule has 2 aromatic rings. The summed E-state index contributed by atoms with van der Waals surface area (Å²) in [6.45, 7) is 0. The molecular formula is C14H12F3N3S. The van der Waals surface area contributed by atoms with E-state index in [-0.39, 0.29) is 10.8 Å². The number of hydrogen-bond donors (Lipinski definition) is 1. The van der Waals surface area contributed by atoms with Crippen molar-refractivity contribution in [2.45, 2.75) is 6.18 Å². The van der Waals surface area contributed by atoms with Gasteiger partial charge < -0.3 is 10.6 Å². The molecule has 0 unspecified atom stereocenters. The van der Waals surface area contributed by atoms with Gasteiger partial charge in [0.2, 0.25) is 0 Å². The number of nitrogens with zero attached hydrogens (tertiary/aromatic N) is 2. The van der Waals surface area contributed by atoms with Crippen molar-refractivity contribution in [2.24, 2.45) is 5.73 Å². The molecule has 0 bridgehead atoms. The Morgan fingerprint density at radius 2 is 1.81 bits per heavy atom. The van der Waals surface area contributed by atoms with Crippen LogP contribution in [-0.4, -0.2) is 17.0 Å². The molecule has 0 radical (unpaired) electrons. The van der Waals surface area contributed by atoms with E-state index in [4.69, 9.17) is 18.0 Å². The molecule has 0 spiro atoms. The van der Waals surface area contributed by atoms with Crippen LogP contribution < -0.4 is 10.6 Å². The molecule has 110 valence electrons. The molecule has 0 fully saturated rings. The summed E-state index contributed by atoms with van der Waals surface area (Å²) in [7, 11) is 1.64. The number of benzene rings is 1. The van der Waals surface area contributed by atoms with Gasteiger partial charge in [0.05, 0.1) is 5.56 Å². The van der Waals surface area contributed by atoms with Crippen molar-refractivity contribution in [1.29, 1.82) is 0 Å². The molecule has 0 aliphatic rings. The highest BCUT2D eigenvalue weighted by atomic mass is 32.1. The van der Waals surface area contributed by atoms with Crippen LogP contribution in [0.5, 0.6) is 0 Å². The summed E-state index contributed by atoms with van der Waals surface area (Å²) in [4.78, 5) is 5.78. The number of pyridine rings is 1. The first-order valence-corrected chi connectivity index (χ1v) is 6.36. The van der Waals surface area contributed by atoms with E-state index in [1.165, 1.54) is 0 Å². The number of anilines is 2. The van der Waals surface area contributed by atoms with Gasteiger partial charge in [0.25, 0.3) is 0 Å². The summed E-state index contributed by atoms with van der Waals surface area (Å²) in [5.74, 6) is 0.202. The second-order valence-corrected chi connectivity index (χ2v) is 4.81. The van der Waals surface area contributed by atoms with Crippen molar-refractivity contribution in [3.05, 3.63) is 53.7 Å². The molecule has 1 aromatic carbocycles. The molecule has 1 aromatic heterocycles. The molecule has 2 rings (SSSR count). The quantitative estimate of drug-likeness (QED) is 0.881. The molecule has 0 atom stereocenters. The highest BCUT2D eigenvalue weighted by molar-refractivity contribution is 7.80. The summed E-state index contributed by atoms with van der Waals surface area (Å²) < 4.78 is 38.1. The van der Waals surface area contributed by atoms with Gasteiger partial charge >= 0.3 is 6.18 Å². The lowest BCUT2D eigenvalue weighted by molar-refractivity contribution is -0.137.